The molecule has 0 saturated carbocycles. The molecule has 9 heteroatoms. The smallest absolute Gasteiger partial charge is 0.387 e. The maximum Gasteiger partial charge on any atom is 0.472 e. The molecule has 0 spiro atoms. The van der Waals surface area contributed by atoms with Crippen molar-refractivity contribution >= 4 is 13.7 Å². The Kier molecular flexibility index (Phi) is 40.2. The van der Waals surface area contributed by atoms with Gasteiger partial charge >= 0.3 is 7.82 Å². The highest BCUT2D eigenvalue weighted by molar-refractivity contribution is 7.47. The molecule has 8 nitrogen and oxygen atoms in total. The Hall–Kier alpha value is -1.28. The summed E-state index contributed by atoms with van der Waals surface area (Å²) < 4.78 is 23.6. The Morgan fingerprint density at radius 2 is 0.948 bits per heavy atom. The molecule has 0 aromatic carbocycles. The zero-order valence-corrected chi connectivity index (χ0v) is 39.7. The predicted octanol–water partition coefficient (Wildman–Crippen LogP) is 13.9. The summed E-state index contributed by atoms with van der Waals surface area (Å²) in [7, 11) is 1.56. The molecule has 342 valence electrons. The van der Waals surface area contributed by atoms with Gasteiger partial charge in [-0.15, -0.1) is 0 Å². The third-order valence-corrected chi connectivity index (χ3v) is 11.8. The number of amides is 1. The summed E-state index contributed by atoms with van der Waals surface area (Å²) >= 11 is 0. The maximum absolute atomic E-state index is 12.9. The molecule has 3 atom stereocenters. The van der Waals surface area contributed by atoms with Crippen LogP contribution in [0.1, 0.15) is 219 Å². The van der Waals surface area contributed by atoms with Crippen LogP contribution in [-0.4, -0.2) is 73.4 Å². The van der Waals surface area contributed by atoms with Gasteiger partial charge in [-0.3, -0.25) is 13.8 Å². The molecule has 0 heterocycles. The van der Waals surface area contributed by atoms with E-state index in [0.29, 0.717) is 17.4 Å². The van der Waals surface area contributed by atoms with E-state index in [-0.39, 0.29) is 19.1 Å². The molecule has 1 amide bonds. The number of rotatable bonds is 44. The van der Waals surface area contributed by atoms with Crippen LogP contribution in [-0.2, 0) is 18.4 Å². The molecule has 0 radical (unpaired) electrons. The second-order valence-electron chi connectivity index (χ2n) is 17.8. The summed E-state index contributed by atoms with van der Waals surface area (Å²) in [6, 6.07) is -0.862. The number of phosphoric ester groups is 1. The van der Waals surface area contributed by atoms with Crippen LogP contribution in [0.5, 0.6) is 0 Å². The van der Waals surface area contributed by atoms with Gasteiger partial charge in [-0.25, -0.2) is 4.57 Å². The number of likely N-dealkylation sites (N-methyl/N-ethyl adjacent to an activating group) is 1. The first-order chi connectivity index (χ1) is 28.0. The van der Waals surface area contributed by atoms with Crippen molar-refractivity contribution in [2.75, 3.05) is 40.9 Å². The Morgan fingerprint density at radius 3 is 1.38 bits per heavy atom. The highest BCUT2D eigenvalue weighted by Crippen LogP contribution is 2.43. The SMILES string of the molecule is CCCCCCCC/C=C\CCCCCCCCCCCC(=O)NC(COP(=O)(O)OCC[N+](C)(C)C)C(O)/C=C/CC/C=C/CCCCCCCCCCCCC. The van der Waals surface area contributed by atoms with Crippen LogP contribution in [0.3, 0.4) is 0 Å². The van der Waals surface area contributed by atoms with E-state index < -0.39 is 20.0 Å². The van der Waals surface area contributed by atoms with E-state index in [1.165, 1.54) is 161 Å². The number of carbonyl (C=O) groups excluding carboxylic acids is 1. The Labute approximate surface area is 359 Å². The maximum atomic E-state index is 12.9. The average Bonchev–Trinajstić information content (AvgIpc) is 3.17. The molecular weight excluding hydrogens is 744 g/mol. The van der Waals surface area contributed by atoms with E-state index in [1.54, 1.807) is 6.08 Å². The van der Waals surface area contributed by atoms with E-state index in [0.717, 1.165) is 38.5 Å². The van der Waals surface area contributed by atoms with Gasteiger partial charge in [-0.05, 0) is 57.8 Å². The van der Waals surface area contributed by atoms with E-state index in [1.807, 2.05) is 27.2 Å². The summed E-state index contributed by atoms with van der Waals surface area (Å²) in [6.07, 6.45) is 50.7. The molecule has 0 saturated heterocycles. The average molecular weight is 840 g/mol. The summed E-state index contributed by atoms with van der Waals surface area (Å²) in [6.45, 7) is 4.80. The zero-order chi connectivity index (χ0) is 42.8. The van der Waals surface area contributed by atoms with Crippen LogP contribution >= 0.6 is 7.82 Å². The van der Waals surface area contributed by atoms with E-state index in [2.05, 4.69) is 43.5 Å². The first-order valence-corrected chi connectivity index (χ1v) is 25.9. The second-order valence-corrected chi connectivity index (χ2v) is 19.3. The van der Waals surface area contributed by atoms with Gasteiger partial charge in [0.2, 0.25) is 5.91 Å². The molecule has 0 fully saturated rings. The third-order valence-electron chi connectivity index (χ3n) is 10.8. The van der Waals surface area contributed by atoms with Crippen LogP contribution < -0.4 is 5.32 Å². The summed E-state index contributed by atoms with van der Waals surface area (Å²) in [5.41, 5.74) is 0. The number of phosphoric acid groups is 1. The van der Waals surface area contributed by atoms with Crippen molar-refractivity contribution in [2.45, 2.75) is 231 Å². The van der Waals surface area contributed by atoms with Gasteiger partial charge in [0.25, 0.3) is 0 Å². The normalized spacial score (nSPS) is 14.5. The van der Waals surface area contributed by atoms with E-state index in [4.69, 9.17) is 9.05 Å². The Balaban J connectivity index is 4.39. The summed E-state index contributed by atoms with van der Waals surface area (Å²) in [5.74, 6) is -0.189. The molecule has 58 heavy (non-hydrogen) atoms. The number of quaternary nitrogens is 1. The van der Waals surface area contributed by atoms with Gasteiger partial charge in [-0.2, -0.15) is 0 Å². The molecule has 0 bridgehead atoms. The zero-order valence-electron chi connectivity index (χ0n) is 38.8. The predicted molar refractivity (Wildman–Crippen MR) is 249 cm³/mol. The van der Waals surface area contributed by atoms with E-state index in [9.17, 15) is 19.4 Å². The first-order valence-electron chi connectivity index (χ1n) is 24.4. The fourth-order valence-corrected chi connectivity index (χ4v) is 7.67. The summed E-state index contributed by atoms with van der Waals surface area (Å²) in [5, 5.41) is 13.8. The lowest BCUT2D eigenvalue weighted by molar-refractivity contribution is -0.870. The number of hydrogen-bond acceptors (Lipinski definition) is 5. The van der Waals surface area contributed by atoms with Crippen molar-refractivity contribution in [3.8, 4) is 0 Å². The largest absolute Gasteiger partial charge is 0.472 e. The van der Waals surface area contributed by atoms with Gasteiger partial charge in [0.05, 0.1) is 39.9 Å². The molecule has 0 rings (SSSR count). The number of hydrogen-bond donors (Lipinski definition) is 3. The number of nitrogens with one attached hydrogen (secondary N) is 1. The van der Waals surface area contributed by atoms with E-state index >= 15 is 0 Å². The van der Waals surface area contributed by atoms with Crippen LogP contribution in [0.4, 0.5) is 0 Å². The van der Waals surface area contributed by atoms with Crippen molar-refractivity contribution in [1.29, 1.82) is 0 Å². The number of unbranched alkanes of at least 4 members (excludes halogenated alkanes) is 27. The van der Waals surface area contributed by atoms with Crippen molar-refractivity contribution in [1.82, 2.24) is 5.32 Å². The number of carbonyl (C=O) groups is 1. The van der Waals surface area contributed by atoms with Crippen LogP contribution in [0, 0.1) is 0 Å². The Morgan fingerprint density at radius 1 is 0.569 bits per heavy atom. The van der Waals surface area contributed by atoms with Crippen LogP contribution in [0.2, 0.25) is 0 Å². The minimum absolute atomic E-state index is 0.0561. The minimum atomic E-state index is -4.35. The number of aliphatic hydroxyl groups is 1. The second kappa shape index (κ2) is 41.1. The third kappa shape index (κ3) is 42.8. The molecular formula is C49H96N2O6P+. The minimum Gasteiger partial charge on any atom is -0.387 e. The lowest BCUT2D eigenvalue weighted by Gasteiger charge is -2.25. The molecule has 3 unspecified atom stereocenters. The molecule has 0 aliphatic rings. The Bertz CT molecular complexity index is 1040. The lowest BCUT2D eigenvalue weighted by Crippen LogP contribution is -2.45. The fraction of sp³-hybridized carbons (Fsp3) is 0.857. The standard InChI is InChI=1S/C49H95N2O6P/c1-6-8-10-12-14-16-18-20-22-24-25-27-29-31-33-35-37-39-41-43-49(53)50-47(46-57-58(54,55)56-45-44-51(3,4)5)48(52)42-40-38-36-34-32-30-28-26-23-21-19-17-15-13-11-9-7-2/h20,22,32,34,40,42,47-48,52H,6-19,21,23-31,33,35-39,41,43-46H2,1-5H3,(H-,50,53,54,55)/p+1/b22-20-,34-32+,42-40+. The van der Waals surface area contributed by atoms with Crippen molar-refractivity contribution in [3.05, 3.63) is 36.5 Å². The van der Waals surface area contributed by atoms with Crippen molar-refractivity contribution in [2.24, 2.45) is 0 Å². The van der Waals surface area contributed by atoms with Gasteiger partial charge in [0, 0.05) is 6.42 Å². The molecule has 3 N–H and O–H groups in total. The van der Waals surface area contributed by atoms with Gasteiger partial charge in [0.15, 0.2) is 0 Å². The summed E-state index contributed by atoms with van der Waals surface area (Å²) in [4.78, 5) is 23.2. The number of nitrogens with zero attached hydrogens (tertiary/aromatic N) is 1. The molecule has 0 aromatic rings. The topological polar surface area (TPSA) is 105 Å². The number of aliphatic hydroxyl groups excluding tert-OH is 1. The van der Waals surface area contributed by atoms with Crippen LogP contribution in [0.15, 0.2) is 36.5 Å². The fourth-order valence-electron chi connectivity index (χ4n) is 6.93. The van der Waals surface area contributed by atoms with Crippen molar-refractivity contribution in [3.63, 3.8) is 0 Å². The lowest BCUT2D eigenvalue weighted by atomic mass is 10.0. The quantitative estimate of drug-likeness (QED) is 0.0244. The molecule has 0 aliphatic carbocycles. The highest BCUT2D eigenvalue weighted by atomic mass is 31.2. The monoisotopic (exact) mass is 840 g/mol. The van der Waals surface area contributed by atoms with Gasteiger partial charge in [0.1, 0.15) is 13.2 Å². The van der Waals surface area contributed by atoms with Gasteiger partial charge in [-0.1, -0.05) is 192 Å². The molecule has 0 aromatic heterocycles. The van der Waals surface area contributed by atoms with Crippen molar-refractivity contribution < 1.29 is 32.9 Å². The van der Waals surface area contributed by atoms with Gasteiger partial charge < -0.3 is 19.8 Å². The van der Waals surface area contributed by atoms with Crippen LogP contribution in [0.25, 0.3) is 0 Å². The first kappa shape index (κ1) is 56.7. The molecule has 0 aliphatic heterocycles. The number of allylic oxidation sites excluding steroid dienone is 5. The highest BCUT2D eigenvalue weighted by Gasteiger charge is 2.27.